The number of hydrogen-bond donors (Lipinski definition) is 1. The Labute approximate surface area is 182 Å². The number of thioether (sulfide) groups is 1. The number of nitrogens with zero attached hydrogens (tertiary/aromatic N) is 3. The second kappa shape index (κ2) is 9.09. The minimum atomic E-state index is -3.03. The summed E-state index contributed by atoms with van der Waals surface area (Å²) in [4.78, 5) is 19.5. The van der Waals surface area contributed by atoms with Gasteiger partial charge in [0.15, 0.2) is 15.7 Å². The molecule has 1 aliphatic heterocycles. The normalized spacial score (nSPS) is 21.2. The molecule has 0 spiro atoms. The lowest BCUT2D eigenvalue weighted by Crippen LogP contribution is -2.47. The molecular weight excluding hydrogens is 420 g/mol. The van der Waals surface area contributed by atoms with Crippen molar-refractivity contribution in [3.8, 4) is 11.4 Å². The van der Waals surface area contributed by atoms with Gasteiger partial charge in [-0.05, 0) is 31.2 Å². The average molecular weight is 449 g/mol. The largest absolute Gasteiger partial charge is 0.335 e. The van der Waals surface area contributed by atoms with Crippen LogP contribution in [0.25, 0.3) is 11.4 Å². The summed E-state index contributed by atoms with van der Waals surface area (Å²) in [7, 11) is -3.03. The number of amides is 1. The van der Waals surface area contributed by atoms with Gasteiger partial charge < -0.3 is 4.90 Å². The van der Waals surface area contributed by atoms with E-state index in [2.05, 4.69) is 34.2 Å². The minimum absolute atomic E-state index is 0.00681. The Morgan fingerprint density at radius 2 is 1.90 bits per heavy atom. The minimum Gasteiger partial charge on any atom is -0.335 e. The summed E-state index contributed by atoms with van der Waals surface area (Å²) in [6, 6.07) is 8.15. The zero-order valence-electron chi connectivity index (χ0n) is 17.2. The number of carbonyl (C=O) groups is 1. The SMILES string of the molecule is CCc1ccc(-c2nc(SCC(=O)N(C3CCCC3)[C@H]3CCS(=O)(=O)C3)n[nH]2)cc1. The Hall–Kier alpha value is -1.87. The molecule has 30 heavy (non-hydrogen) atoms. The topological polar surface area (TPSA) is 96.0 Å². The van der Waals surface area contributed by atoms with E-state index in [1.807, 2.05) is 17.0 Å². The molecule has 9 heteroatoms. The van der Waals surface area contributed by atoms with Crippen LogP contribution in [0, 0.1) is 0 Å². The third-order valence-electron chi connectivity index (χ3n) is 6.03. The molecule has 1 aromatic carbocycles. The molecule has 2 aromatic rings. The molecule has 1 saturated heterocycles. The van der Waals surface area contributed by atoms with Crippen LogP contribution in [0.2, 0.25) is 0 Å². The van der Waals surface area contributed by atoms with Gasteiger partial charge in [-0.2, -0.15) is 0 Å². The molecule has 1 amide bonds. The number of carbonyl (C=O) groups excluding carboxylic acids is 1. The van der Waals surface area contributed by atoms with Gasteiger partial charge in [0, 0.05) is 17.6 Å². The summed E-state index contributed by atoms with van der Waals surface area (Å²) in [5.74, 6) is 1.18. The Morgan fingerprint density at radius 1 is 1.17 bits per heavy atom. The van der Waals surface area contributed by atoms with Crippen LogP contribution < -0.4 is 0 Å². The van der Waals surface area contributed by atoms with E-state index in [4.69, 9.17) is 0 Å². The lowest BCUT2D eigenvalue weighted by atomic mass is 10.1. The van der Waals surface area contributed by atoms with Crippen molar-refractivity contribution in [3.05, 3.63) is 29.8 Å². The molecule has 2 heterocycles. The predicted octanol–water partition coefficient (Wildman–Crippen LogP) is 3.08. The van der Waals surface area contributed by atoms with E-state index in [0.29, 0.717) is 17.4 Å². The number of aromatic nitrogens is 3. The van der Waals surface area contributed by atoms with Gasteiger partial charge in [0.25, 0.3) is 0 Å². The summed E-state index contributed by atoms with van der Waals surface area (Å²) in [6.07, 6.45) is 5.66. The van der Waals surface area contributed by atoms with E-state index in [0.717, 1.165) is 37.7 Å². The molecule has 0 radical (unpaired) electrons. The molecular formula is C21H28N4O3S2. The Balaban J connectivity index is 1.41. The molecule has 4 rings (SSSR count). The van der Waals surface area contributed by atoms with Crippen molar-refractivity contribution in [1.82, 2.24) is 20.1 Å². The van der Waals surface area contributed by atoms with E-state index < -0.39 is 9.84 Å². The van der Waals surface area contributed by atoms with Crippen molar-refractivity contribution in [2.45, 2.75) is 62.7 Å². The second-order valence-electron chi connectivity index (χ2n) is 8.10. The van der Waals surface area contributed by atoms with Gasteiger partial charge in [-0.3, -0.25) is 9.89 Å². The van der Waals surface area contributed by atoms with Gasteiger partial charge in [0.2, 0.25) is 11.1 Å². The van der Waals surface area contributed by atoms with Crippen molar-refractivity contribution >= 4 is 27.5 Å². The molecule has 1 N–H and O–H groups in total. The second-order valence-corrected chi connectivity index (χ2v) is 11.3. The summed E-state index contributed by atoms with van der Waals surface area (Å²) in [5.41, 5.74) is 2.22. The fraction of sp³-hybridized carbons (Fsp3) is 0.571. The lowest BCUT2D eigenvalue weighted by Gasteiger charge is -2.34. The van der Waals surface area contributed by atoms with Crippen molar-refractivity contribution in [2.75, 3.05) is 17.3 Å². The Bertz CT molecular complexity index is 982. The van der Waals surface area contributed by atoms with E-state index in [9.17, 15) is 13.2 Å². The number of rotatable bonds is 7. The maximum Gasteiger partial charge on any atom is 0.233 e. The van der Waals surface area contributed by atoms with Crippen LogP contribution >= 0.6 is 11.8 Å². The standard InChI is InChI=1S/C21H28N4O3S2/c1-2-15-7-9-16(10-8-15)20-22-21(24-23-20)29-13-19(26)25(17-5-3-4-6-17)18-11-12-30(27,28)14-18/h7-10,17-18H,2-6,11-14H2,1H3,(H,22,23,24)/t18-/m0/s1. The van der Waals surface area contributed by atoms with Crippen molar-refractivity contribution < 1.29 is 13.2 Å². The summed E-state index contributed by atoms with van der Waals surface area (Å²) >= 11 is 1.30. The molecule has 1 atom stereocenters. The summed E-state index contributed by atoms with van der Waals surface area (Å²) in [6.45, 7) is 2.12. The Kier molecular flexibility index (Phi) is 6.48. The van der Waals surface area contributed by atoms with Crippen LogP contribution in [0.1, 0.15) is 44.6 Å². The summed E-state index contributed by atoms with van der Waals surface area (Å²) in [5, 5.41) is 7.72. The van der Waals surface area contributed by atoms with Gasteiger partial charge in [-0.25, -0.2) is 13.4 Å². The smallest absolute Gasteiger partial charge is 0.233 e. The van der Waals surface area contributed by atoms with Crippen LogP contribution in [0.15, 0.2) is 29.4 Å². The first-order valence-corrected chi connectivity index (χ1v) is 13.4. The van der Waals surface area contributed by atoms with Crippen LogP contribution in [0.3, 0.4) is 0 Å². The molecule has 0 unspecified atom stereocenters. The number of sulfone groups is 1. The number of benzene rings is 1. The van der Waals surface area contributed by atoms with Gasteiger partial charge in [0.1, 0.15) is 0 Å². The third-order valence-corrected chi connectivity index (χ3v) is 8.62. The first-order valence-electron chi connectivity index (χ1n) is 10.6. The molecule has 1 aromatic heterocycles. The van der Waals surface area contributed by atoms with Crippen molar-refractivity contribution in [1.29, 1.82) is 0 Å². The predicted molar refractivity (Wildman–Crippen MR) is 118 cm³/mol. The van der Waals surface area contributed by atoms with E-state index in [-0.39, 0.29) is 35.2 Å². The highest BCUT2D eigenvalue weighted by Gasteiger charge is 2.38. The number of nitrogens with one attached hydrogen (secondary N) is 1. The monoisotopic (exact) mass is 448 g/mol. The van der Waals surface area contributed by atoms with Crippen molar-refractivity contribution in [3.63, 3.8) is 0 Å². The van der Waals surface area contributed by atoms with Crippen LogP contribution in [0.5, 0.6) is 0 Å². The highest BCUT2D eigenvalue weighted by atomic mass is 32.2. The number of aromatic amines is 1. The fourth-order valence-corrected chi connectivity index (χ4v) is 6.80. The van der Waals surface area contributed by atoms with Gasteiger partial charge >= 0.3 is 0 Å². The first kappa shape index (κ1) is 21.4. The van der Waals surface area contributed by atoms with Gasteiger partial charge in [-0.1, -0.05) is 55.8 Å². The van der Waals surface area contributed by atoms with Gasteiger partial charge in [-0.15, -0.1) is 5.10 Å². The van der Waals surface area contributed by atoms with E-state index >= 15 is 0 Å². The zero-order valence-corrected chi connectivity index (χ0v) is 18.8. The van der Waals surface area contributed by atoms with E-state index in [1.165, 1.54) is 17.3 Å². The van der Waals surface area contributed by atoms with Gasteiger partial charge in [0.05, 0.1) is 17.3 Å². The number of H-pyrrole nitrogens is 1. The third kappa shape index (κ3) is 4.88. The molecule has 162 valence electrons. The zero-order chi connectivity index (χ0) is 21.1. The number of hydrogen-bond acceptors (Lipinski definition) is 6. The maximum absolute atomic E-state index is 13.1. The molecule has 1 saturated carbocycles. The fourth-order valence-electron chi connectivity index (χ4n) is 4.42. The van der Waals surface area contributed by atoms with Crippen LogP contribution in [-0.2, 0) is 21.1 Å². The first-order chi connectivity index (χ1) is 14.4. The maximum atomic E-state index is 13.1. The van der Waals surface area contributed by atoms with E-state index in [1.54, 1.807) is 0 Å². The molecule has 2 fully saturated rings. The Morgan fingerprint density at radius 3 is 2.53 bits per heavy atom. The molecule has 7 nitrogen and oxygen atoms in total. The van der Waals surface area contributed by atoms with Crippen LogP contribution in [-0.4, -0.2) is 63.7 Å². The summed E-state index contributed by atoms with van der Waals surface area (Å²) < 4.78 is 23.9. The van der Waals surface area contributed by atoms with Crippen LogP contribution in [0.4, 0.5) is 0 Å². The van der Waals surface area contributed by atoms with Crippen molar-refractivity contribution in [2.24, 2.45) is 0 Å². The highest BCUT2D eigenvalue weighted by Crippen LogP contribution is 2.30. The molecule has 1 aliphatic carbocycles. The molecule has 2 aliphatic rings. The number of aryl methyl sites for hydroxylation is 1. The molecule has 0 bridgehead atoms. The average Bonchev–Trinajstić information content (AvgIpc) is 3.49. The highest BCUT2D eigenvalue weighted by molar-refractivity contribution is 7.99. The lowest BCUT2D eigenvalue weighted by molar-refractivity contribution is -0.132. The quantitative estimate of drug-likeness (QED) is 0.654.